The van der Waals surface area contributed by atoms with E-state index in [1.807, 2.05) is 6.08 Å². The molecular weight excluding hydrogens is 526 g/mol. The highest BCUT2D eigenvalue weighted by Crippen LogP contribution is 2.44. The van der Waals surface area contributed by atoms with Gasteiger partial charge in [-0.25, -0.2) is 4.79 Å². The normalized spacial score (nSPS) is 23.9. The Morgan fingerprint density at radius 2 is 1.77 bits per heavy atom. The van der Waals surface area contributed by atoms with Crippen LogP contribution in [0, 0.1) is 11.8 Å². The van der Waals surface area contributed by atoms with E-state index in [0.29, 0.717) is 48.1 Å². The second kappa shape index (κ2) is 9.86. The molecule has 5 nitrogen and oxygen atoms in total. The fraction of sp³-hybridized carbons (Fsp3) is 0.357. The lowest BCUT2D eigenvalue weighted by Crippen LogP contribution is -2.55. The van der Waals surface area contributed by atoms with Gasteiger partial charge < -0.3 is 9.84 Å². The third kappa shape index (κ3) is 5.32. The minimum atomic E-state index is -5.11. The Labute approximate surface area is 219 Å². The van der Waals surface area contributed by atoms with Crippen molar-refractivity contribution in [2.24, 2.45) is 11.8 Å². The molecule has 1 N–H and O–H groups in total. The minimum Gasteiger partial charge on any atom is -0.508 e. The molecule has 4 unspecified atom stereocenters. The number of phenols is 1. The Bertz CT molecular complexity index is 1390. The number of halogens is 6. The molecule has 39 heavy (non-hydrogen) atoms. The van der Waals surface area contributed by atoms with Crippen molar-refractivity contribution >= 4 is 16.9 Å². The summed E-state index contributed by atoms with van der Waals surface area (Å²) >= 11 is 0. The van der Waals surface area contributed by atoms with E-state index in [0.717, 1.165) is 6.42 Å². The second-order valence-corrected chi connectivity index (χ2v) is 9.97. The van der Waals surface area contributed by atoms with Crippen LogP contribution in [0.15, 0.2) is 61.3 Å². The average Bonchev–Trinajstić information content (AvgIpc) is 2.90. The zero-order valence-corrected chi connectivity index (χ0v) is 20.5. The Morgan fingerprint density at radius 3 is 2.36 bits per heavy atom. The molecular formula is C28H24F6N2O3. The lowest BCUT2D eigenvalue weighted by atomic mass is 9.73. The molecule has 2 aromatic carbocycles. The Hall–Kier alpha value is -3.60. The molecule has 11 heteroatoms. The van der Waals surface area contributed by atoms with Crippen molar-refractivity contribution in [3.63, 3.8) is 0 Å². The highest BCUT2D eigenvalue weighted by molar-refractivity contribution is 5.91. The van der Waals surface area contributed by atoms with Gasteiger partial charge in [-0.1, -0.05) is 6.08 Å². The summed E-state index contributed by atoms with van der Waals surface area (Å²) in [4.78, 5) is 19.7. The van der Waals surface area contributed by atoms with Gasteiger partial charge in [0.15, 0.2) is 0 Å². The number of hydrogen-bond donors (Lipinski definition) is 1. The predicted octanol–water partition coefficient (Wildman–Crippen LogP) is 6.77. The number of carbonyl (C=O) groups is 1. The number of fused-ring (bicyclic) bond motifs is 4. The molecule has 0 saturated carbocycles. The number of esters is 1. The van der Waals surface area contributed by atoms with Crippen molar-refractivity contribution in [1.29, 1.82) is 0 Å². The highest BCUT2D eigenvalue weighted by Gasteiger charge is 2.45. The fourth-order valence-electron chi connectivity index (χ4n) is 5.70. The number of rotatable bonds is 5. The van der Waals surface area contributed by atoms with Crippen molar-refractivity contribution in [3.8, 4) is 5.75 Å². The quantitative estimate of drug-likeness (QED) is 0.216. The zero-order valence-electron chi connectivity index (χ0n) is 20.5. The first-order chi connectivity index (χ1) is 18.3. The van der Waals surface area contributed by atoms with Gasteiger partial charge in [0, 0.05) is 23.7 Å². The first-order valence-electron chi connectivity index (χ1n) is 12.3. The number of nitrogens with zero attached hydrogens (tertiary/aromatic N) is 2. The Balaban J connectivity index is 1.59. The van der Waals surface area contributed by atoms with Gasteiger partial charge in [-0.15, -0.1) is 6.58 Å². The van der Waals surface area contributed by atoms with E-state index in [9.17, 15) is 36.2 Å². The molecule has 3 fully saturated rings. The molecule has 0 aliphatic carbocycles. The van der Waals surface area contributed by atoms with Crippen LogP contribution >= 0.6 is 0 Å². The van der Waals surface area contributed by atoms with Crippen molar-refractivity contribution in [3.05, 3.63) is 83.6 Å². The maximum Gasteiger partial charge on any atom is 0.416 e. The van der Waals surface area contributed by atoms with Crippen LogP contribution < -0.4 is 0 Å². The molecule has 5 atom stereocenters. The molecule has 3 aromatic rings. The Kier molecular flexibility index (Phi) is 6.82. The molecule has 0 amide bonds. The molecule has 206 valence electrons. The van der Waals surface area contributed by atoms with E-state index in [4.69, 9.17) is 4.74 Å². The van der Waals surface area contributed by atoms with Gasteiger partial charge >= 0.3 is 18.3 Å². The SMILES string of the molecule is C=CC1CN2CCC1C[C@H]2C(OC(=O)c1cc(C(F)(F)F)cc(C(F)(F)F)c1)c1ccnc2ccc(O)cc12. The van der Waals surface area contributed by atoms with Crippen LogP contribution in [0.5, 0.6) is 5.75 Å². The maximum absolute atomic E-state index is 13.4. The summed E-state index contributed by atoms with van der Waals surface area (Å²) in [6.45, 7) is 5.21. The van der Waals surface area contributed by atoms with Gasteiger partial charge in [0.2, 0.25) is 0 Å². The maximum atomic E-state index is 13.4. The fourth-order valence-corrected chi connectivity index (χ4v) is 5.70. The summed E-state index contributed by atoms with van der Waals surface area (Å²) in [6, 6.07) is 6.32. The van der Waals surface area contributed by atoms with Gasteiger partial charge in [0.25, 0.3) is 0 Å². The summed E-state index contributed by atoms with van der Waals surface area (Å²) in [6.07, 6.45) is -6.46. The number of carbonyl (C=O) groups excluding carboxylic acids is 1. The highest BCUT2D eigenvalue weighted by atomic mass is 19.4. The van der Waals surface area contributed by atoms with E-state index in [1.165, 1.54) is 18.3 Å². The van der Waals surface area contributed by atoms with Crippen molar-refractivity contribution in [2.75, 3.05) is 13.1 Å². The molecule has 6 rings (SSSR count). The summed E-state index contributed by atoms with van der Waals surface area (Å²) in [5.41, 5.74) is -3.14. The molecule has 4 heterocycles. The van der Waals surface area contributed by atoms with Crippen LogP contribution in [0.2, 0.25) is 0 Å². The van der Waals surface area contributed by atoms with Gasteiger partial charge in [0.05, 0.1) is 28.2 Å². The molecule has 3 aliphatic rings. The topological polar surface area (TPSA) is 62.7 Å². The Morgan fingerprint density at radius 1 is 1.08 bits per heavy atom. The summed E-state index contributed by atoms with van der Waals surface area (Å²) in [5, 5.41) is 10.6. The molecule has 0 spiro atoms. The third-order valence-electron chi connectivity index (χ3n) is 7.63. The molecule has 1 aromatic heterocycles. The lowest BCUT2D eigenvalue weighted by molar-refractivity contribution is -0.143. The number of aromatic nitrogens is 1. The number of alkyl halides is 6. The van der Waals surface area contributed by atoms with E-state index in [2.05, 4.69) is 16.5 Å². The predicted molar refractivity (Wildman–Crippen MR) is 130 cm³/mol. The van der Waals surface area contributed by atoms with Crippen LogP contribution in [-0.4, -0.2) is 40.1 Å². The minimum absolute atomic E-state index is 0.0331. The van der Waals surface area contributed by atoms with Gasteiger partial charge in [-0.05, 0) is 73.7 Å². The number of piperidine rings is 3. The lowest BCUT2D eigenvalue weighted by Gasteiger charge is -2.51. The molecule has 3 aliphatic heterocycles. The summed E-state index contributed by atoms with van der Waals surface area (Å²) in [7, 11) is 0. The zero-order chi connectivity index (χ0) is 28.1. The standard InChI is InChI=1S/C28H24F6N2O3/c1-2-15-14-36-8-6-16(15)11-24(36)25(21-5-7-35-23-4-3-20(37)13-22(21)23)39-26(38)17-9-18(27(29,30)31)12-19(10-17)28(32,33)34/h2-5,7,9-10,12-13,15-16,24-25,37H,1,6,8,11,14H2/t15?,16?,24-,25?/m0/s1. The monoisotopic (exact) mass is 550 g/mol. The van der Waals surface area contributed by atoms with Crippen molar-refractivity contribution in [1.82, 2.24) is 9.88 Å². The van der Waals surface area contributed by atoms with Gasteiger partial charge in [-0.3, -0.25) is 9.88 Å². The van der Waals surface area contributed by atoms with E-state index in [-0.39, 0.29) is 23.7 Å². The smallest absolute Gasteiger partial charge is 0.416 e. The summed E-state index contributed by atoms with van der Waals surface area (Å²) < 4.78 is 86.4. The number of ether oxygens (including phenoxy) is 1. The van der Waals surface area contributed by atoms with Crippen molar-refractivity contribution in [2.45, 2.75) is 37.3 Å². The third-order valence-corrected chi connectivity index (χ3v) is 7.63. The van der Waals surface area contributed by atoms with Crippen LogP contribution in [0.3, 0.4) is 0 Å². The molecule has 3 saturated heterocycles. The molecule has 0 radical (unpaired) electrons. The van der Waals surface area contributed by atoms with E-state index in [1.54, 1.807) is 12.1 Å². The number of aromatic hydroxyl groups is 1. The van der Waals surface area contributed by atoms with Crippen LogP contribution in [-0.2, 0) is 17.1 Å². The van der Waals surface area contributed by atoms with E-state index < -0.39 is 47.2 Å². The summed E-state index contributed by atoms with van der Waals surface area (Å²) in [5.74, 6) is -0.954. The van der Waals surface area contributed by atoms with Crippen LogP contribution in [0.4, 0.5) is 26.3 Å². The average molecular weight is 550 g/mol. The number of hydrogen-bond acceptors (Lipinski definition) is 5. The first-order valence-corrected chi connectivity index (χ1v) is 12.3. The number of benzene rings is 2. The number of pyridine rings is 1. The first kappa shape index (κ1) is 27.0. The van der Waals surface area contributed by atoms with E-state index >= 15 is 0 Å². The number of phenolic OH excluding ortho intramolecular Hbond substituents is 1. The van der Waals surface area contributed by atoms with Crippen LogP contribution in [0.1, 0.15) is 46.0 Å². The van der Waals surface area contributed by atoms with Gasteiger partial charge in [0.1, 0.15) is 11.9 Å². The molecule has 2 bridgehead atoms. The second-order valence-electron chi connectivity index (χ2n) is 9.97. The van der Waals surface area contributed by atoms with Crippen LogP contribution in [0.25, 0.3) is 10.9 Å². The largest absolute Gasteiger partial charge is 0.508 e. The van der Waals surface area contributed by atoms with Crippen molar-refractivity contribution < 1.29 is 41.0 Å². The van der Waals surface area contributed by atoms with Gasteiger partial charge in [-0.2, -0.15) is 26.3 Å².